The minimum atomic E-state index is 0.616. The van der Waals surface area contributed by atoms with E-state index in [2.05, 4.69) is 12.5 Å². The molecule has 0 aromatic carbocycles. The van der Waals surface area contributed by atoms with Crippen LogP contribution in [0.1, 0.15) is 6.92 Å². The Labute approximate surface area is 65.9 Å². The number of ether oxygens (including phenoxy) is 1. The van der Waals surface area contributed by atoms with Crippen LogP contribution >= 0.6 is 23.5 Å². The van der Waals surface area contributed by atoms with Gasteiger partial charge in [-0.15, -0.1) is 23.5 Å². The molecule has 0 saturated heterocycles. The van der Waals surface area contributed by atoms with Crippen LogP contribution < -0.4 is 0 Å². The van der Waals surface area contributed by atoms with Gasteiger partial charge in [-0.3, -0.25) is 0 Å². The van der Waals surface area contributed by atoms with Gasteiger partial charge in [0.15, 0.2) is 0 Å². The van der Waals surface area contributed by atoms with Gasteiger partial charge < -0.3 is 4.74 Å². The van der Waals surface area contributed by atoms with Gasteiger partial charge in [0.1, 0.15) is 0 Å². The fourth-order valence-electron chi connectivity index (χ4n) is 0.446. The zero-order valence-electron chi connectivity index (χ0n) is 6.22. The van der Waals surface area contributed by atoms with Crippen molar-refractivity contribution in [1.82, 2.24) is 0 Å². The maximum Gasteiger partial charge on any atom is 0.0730 e. The second-order valence-electron chi connectivity index (χ2n) is 1.56. The topological polar surface area (TPSA) is 9.23 Å². The highest BCUT2D eigenvalue weighted by molar-refractivity contribution is 8.16. The molecule has 0 bridgehead atoms. The first-order valence-electron chi connectivity index (χ1n) is 2.98. The van der Waals surface area contributed by atoms with Gasteiger partial charge in [0.25, 0.3) is 0 Å². The predicted octanol–water partition coefficient (Wildman–Crippen LogP) is 2.08. The highest BCUT2D eigenvalue weighted by Crippen LogP contribution is 2.17. The van der Waals surface area contributed by atoms with Crippen molar-refractivity contribution in [2.75, 3.05) is 25.7 Å². The van der Waals surface area contributed by atoms with Crippen molar-refractivity contribution in [3.63, 3.8) is 0 Å². The van der Waals surface area contributed by atoms with E-state index in [-0.39, 0.29) is 0 Å². The summed E-state index contributed by atoms with van der Waals surface area (Å²) in [6.45, 7) is 3.73. The Hall–Kier alpha value is 0.660. The molecule has 0 aromatic rings. The normalized spacial score (nSPS) is 10.7. The average Bonchev–Trinajstić information content (AvgIpc) is 1.91. The van der Waals surface area contributed by atoms with Crippen molar-refractivity contribution >= 4 is 23.5 Å². The van der Waals surface area contributed by atoms with Crippen molar-refractivity contribution in [2.24, 2.45) is 0 Å². The molecule has 0 amide bonds. The van der Waals surface area contributed by atoms with E-state index in [1.54, 1.807) is 0 Å². The summed E-state index contributed by atoms with van der Waals surface area (Å²) in [4.78, 5) is 0. The molecule has 9 heavy (non-hydrogen) atoms. The maximum absolute atomic E-state index is 5.24. The summed E-state index contributed by atoms with van der Waals surface area (Å²) in [5.41, 5.74) is 0. The third kappa shape index (κ3) is 5.12. The Balaban J connectivity index is 3.09. The molecule has 0 atom stereocenters. The van der Waals surface area contributed by atoms with Crippen LogP contribution in [-0.4, -0.2) is 30.3 Å². The zero-order valence-corrected chi connectivity index (χ0v) is 7.85. The quantitative estimate of drug-likeness (QED) is 0.579. The molecule has 0 heterocycles. The van der Waals surface area contributed by atoms with Gasteiger partial charge in [-0.25, -0.2) is 0 Å². The smallest absolute Gasteiger partial charge is 0.0730 e. The van der Waals surface area contributed by atoms with Crippen LogP contribution in [0.2, 0.25) is 0 Å². The Kier molecular flexibility index (Phi) is 7.27. The second kappa shape index (κ2) is 6.78. The molecule has 1 nitrogen and oxygen atoms in total. The third-order valence-corrected chi connectivity index (χ3v) is 3.46. The van der Waals surface area contributed by atoms with Crippen LogP contribution in [0, 0.1) is 0 Å². The summed E-state index contributed by atoms with van der Waals surface area (Å²) in [6, 6.07) is 0. The first kappa shape index (κ1) is 9.66. The molecule has 0 unspecified atom stereocenters. The summed E-state index contributed by atoms with van der Waals surface area (Å²) >= 11 is 3.70. The summed E-state index contributed by atoms with van der Waals surface area (Å²) in [5, 5.41) is 0. The van der Waals surface area contributed by atoms with E-state index in [9.17, 15) is 0 Å². The lowest BCUT2D eigenvalue weighted by Gasteiger charge is -2.09. The van der Waals surface area contributed by atoms with E-state index in [1.807, 2.05) is 30.4 Å². The second-order valence-corrected chi connectivity index (χ2v) is 3.94. The van der Waals surface area contributed by atoms with Crippen LogP contribution in [0.5, 0.6) is 0 Å². The summed E-state index contributed by atoms with van der Waals surface area (Å²) in [7, 11) is 0. The van der Waals surface area contributed by atoms with Gasteiger partial charge in [-0.2, -0.15) is 0 Å². The SMILES string of the molecule is CCOCC(SC)SC. The molecule has 0 fully saturated rings. The molecule has 0 aromatic heterocycles. The largest absolute Gasteiger partial charge is 0.380 e. The average molecular weight is 166 g/mol. The Morgan fingerprint density at radius 2 is 1.89 bits per heavy atom. The summed E-state index contributed by atoms with van der Waals surface area (Å²) in [6.07, 6.45) is 4.22. The van der Waals surface area contributed by atoms with Gasteiger partial charge in [0, 0.05) is 6.61 Å². The van der Waals surface area contributed by atoms with Crippen LogP contribution in [-0.2, 0) is 4.74 Å². The Bertz CT molecular complexity index is 55.0. The molecular formula is C6H14OS2. The Morgan fingerprint density at radius 1 is 1.33 bits per heavy atom. The predicted molar refractivity (Wildman–Crippen MR) is 47.3 cm³/mol. The summed E-state index contributed by atoms with van der Waals surface area (Å²) < 4.78 is 5.85. The number of hydrogen-bond donors (Lipinski definition) is 0. The lowest BCUT2D eigenvalue weighted by atomic mass is 10.8. The van der Waals surface area contributed by atoms with E-state index in [0.717, 1.165) is 13.2 Å². The molecule has 0 aliphatic carbocycles. The number of rotatable bonds is 5. The lowest BCUT2D eigenvalue weighted by molar-refractivity contribution is 0.160. The van der Waals surface area contributed by atoms with Crippen molar-refractivity contribution in [3.8, 4) is 0 Å². The van der Waals surface area contributed by atoms with E-state index < -0.39 is 0 Å². The first-order chi connectivity index (χ1) is 4.35. The molecule has 3 heteroatoms. The molecule has 0 N–H and O–H groups in total. The summed E-state index contributed by atoms with van der Waals surface area (Å²) in [5.74, 6) is 0. The number of hydrogen-bond acceptors (Lipinski definition) is 3. The Morgan fingerprint density at radius 3 is 2.22 bits per heavy atom. The van der Waals surface area contributed by atoms with Crippen LogP contribution in [0.4, 0.5) is 0 Å². The maximum atomic E-state index is 5.24. The van der Waals surface area contributed by atoms with Gasteiger partial charge in [0.2, 0.25) is 0 Å². The van der Waals surface area contributed by atoms with Gasteiger partial charge in [0.05, 0.1) is 11.2 Å². The minimum absolute atomic E-state index is 0.616. The molecular weight excluding hydrogens is 152 g/mol. The van der Waals surface area contributed by atoms with Gasteiger partial charge >= 0.3 is 0 Å². The zero-order chi connectivity index (χ0) is 7.11. The molecule has 0 radical (unpaired) electrons. The standard InChI is InChI=1S/C6H14OS2/c1-4-7-5-6(8-2)9-3/h6H,4-5H2,1-3H3. The molecule has 0 saturated carbocycles. The lowest BCUT2D eigenvalue weighted by Crippen LogP contribution is -2.06. The van der Waals surface area contributed by atoms with Crippen LogP contribution in [0.3, 0.4) is 0 Å². The van der Waals surface area contributed by atoms with Gasteiger partial charge in [-0.1, -0.05) is 0 Å². The van der Waals surface area contributed by atoms with Crippen molar-refractivity contribution < 1.29 is 4.74 Å². The first-order valence-corrected chi connectivity index (χ1v) is 5.56. The van der Waals surface area contributed by atoms with E-state index in [4.69, 9.17) is 4.74 Å². The van der Waals surface area contributed by atoms with Crippen molar-refractivity contribution in [3.05, 3.63) is 0 Å². The molecule has 0 rings (SSSR count). The van der Waals surface area contributed by atoms with Crippen molar-refractivity contribution in [1.29, 1.82) is 0 Å². The monoisotopic (exact) mass is 166 g/mol. The van der Waals surface area contributed by atoms with E-state index >= 15 is 0 Å². The van der Waals surface area contributed by atoms with Gasteiger partial charge in [-0.05, 0) is 19.4 Å². The highest BCUT2D eigenvalue weighted by atomic mass is 32.2. The fraction of sp³-hybridized carbons (Fsp3) is 1.00. The van der Waals surface area contributed by atoms with E-state index in [1.165, 1.54) is 0 Å². The van der Waals surface area contributed by atoms with Crippen LogP contribution in [0.25, 0.3) is 0 Å². The fourth-order valence-corrected chi connectivity index (χ4v) is 1.68. The molecule has 0 spiro atoms. The molecule has 56 valence electrons. The molecule has 0 aliphatic heterocycles. The third-order valence-electron chi connectivity index (χ3n) is 0.984. The highest BCUT2D eigenvalue weighted by Gasteiger charge is 2.01. The number of thioether (sulfide) groups is 2. The van der Waals surface area contributed by atoms with Crippen LogP contribution in [0.15, 0.2) is 0 Å². The van der Waals surface area contributed by atoms with E-state index in [0.29, 0.717) is 4.58 Å². The van der Waals surface area contributed by atoms with Crippen molar-refractivity contribution in [2.45, 2.75) is 11.5 Å². The molecule has 0 aliphatic rings. The minimum Gasteiger partial charge on any atom is -0.380 e.